The number of hydrogen-bond donors (Lipinski definition) is 2. The molecule has 1 aromatic heterocycles. The van der Waals surface area contributed by atoms with Crippen molar-refractivity contribution in [3.63, 3.8) is 0 Å². The van der Waals surface area contributed by atoms with Crippen molar-refractivity contribution in [2.24, 2.45) is 17.3 Å². The summed E-state index contributed by atoms with van der Waals surface area (Å²) >= 11 is 0. The van der Waals surface area contributed by atoms with Crippen LogP contribution in [-0.2, 0) is 6.42 Å². The summed E-state index contributed by atoms with van der Waals surface area (Å²) in [5.41, 5.74) is 1.64. The molecular weight excluding hydrogens is 408 g/mol. The molecule has 2 N–H and O–H groups in total. The van der Waals surface area contributed by atoms with Crippen molar-refractivity contribution < 1.29 is 24.1 Å². The Labute approximate surface area is 186 Å². The summed E-state index contributed by atoms with van der Waals surface area (Å²) in [7, 11) is 1.47. The lowest BCUT2D eigenvalue weighted by molar-refractivity contribution is 0.0535. The predicted molar refractivity (Wildman–Crippen MR) is 122 cm³/mol. The normalized spacial score (nSPS) is 21.8. The first-order valence-electron chi connectivity index (χ1n) is 11.1. The molecule has 2 aliphatic rings. The molecule has 2 atom stereocenters. The first-order chi connectivity index (χ1) is 15.3. The monoisotopic (exact) mass is 436 g/mol. The first-order valence-corrected chi connectivity index (χ1v) is 11.1. The second kappa shape index (κ2) is 7.47. The molecule has 3 aromatic rings. The van der Waals surface area contributed by atoms with Crippen LogP contribution in [0.15, 0.2) is 39.5 Å². The third-order valence-corrected chi connectivity index (χ3v) is 7.35. The van der Waals surface area contributed by atoms with Gasteiger partial charge in [0.25, 0.3) is 0 Å². The Morgan fingerprint density at radius 2 is 1.94 bits per heavy atom. The zero-order valence-corrected chi connectivity index (χ0v) is 18.6. The number of phenolic OH excluding ortho intramolecular Hbond substituents is 2. The molecule has 2 aromatic carbocycles. The van der Waals surface area contributed by atoms with E-state index in [1.54, 1.807) is 18.2 Å². The molecule has 6 heteroatoms. The van der Waals surface area contributed by atoms with Crippen molar-refractivity contribution in [1.82, 2.24) is 0 Å². The van der Waals surface area contributed by atoms with Crippen LogP contribution in [0.2, 0.25) is 0 Å². The van der Waals surface area contributed by atoms with Crippen LogP contribution >= 0.6 is 0 Å². The highest BCUT2D eigenvalue weighted by molar-refractivity contribution is 5.89. The van der Waals surface area contributed by atoms with E-state index in [0.717, 1.165) is 24.8 Å². The van der Waals surface area contributed by atoms with Crippen LogP contribution in [0.4, 0.5) is 0 Å². The second-order valence-corrected chi connectivity index (χ2v) is 9.70. The third kappa shape index (κ3) is 3.29. The van der Waals surface area contributed by atoms with Crippen molar-refractivity contribution in [3.05, 3.63) is 46.1 Å². The maximum absolute atomic E-state index is 13.1. The van der Waals surface area contributed by atoms with E-state index in [4.69, 9.17) is 13.9 Å². The van der Waals surface area contributed by atoms with Crippen molar-refractivity contribution >= 4 is 11.0 Å². The van der Waals surface area contributed by atoms with Gasteiger partial charge in [-0.05, 0) is 54.7 Å². The van der Waals surface area contributed by atoms with Gasteiger partial charge in [-0.1, -0.05) is 20.3 Å². The Morgan fingerprint density at radius 3 is 2.72 bits per heavy atom. The van der Waals surface area contributed by atoms with Crippen molar-refractivity contribution in [1.29, 1.82) is 0 Å². The minimum Gasteiger partial charge on any atom is -0.507 e. The number of ether oxygens (including phenoxy) is 2. The third-order valence-electron chi connectivity index (χ3n) is 7.35. The molecule has 1 aliphatic carbocycles. The fourth-order valence-corrected chi connectivity index (χ4v) is 5.54. The average molecular weight is 437 g/mol. The van der Waals surface area contributed by atoms with Crippen LogP contribution in [0.25, 0.3) is 22.3 Å². The number of aromatic hydroxyl groups is 2. The van der Waals surface area contributed by atoms with E-state index in [-0.39, 0.29) is 33.5 Å². The quantitative estimate of drug-likeness (QED) is 0.570. The summed E-state index contributed by atoms with van der Waals surface area (Å²) in [6.45, 7) is 5.22. The predicted octanol–water partition coefficient (Wildman–Crippen LogP) is 5.26. The van der Waals surface area contributed by atoms with Crippen LogP contribution in [0.3, 0.4) is 0 Å². The molecule has 1 aliphatic heterocycles. The van der Waals surface area contributed by atoms with Gasteiger partial charge in [-0.3, -0.25) is 4.79 Å². The number of hydrogen-bond acceptors (Lipinski definition) is 6. The summed E-state index contributed by atoms with van der Waals surface area (Å²) in [4.78, 5) is 13.1. The average Bonchev–Trinajstić information content (AvgIpc) is 2.94. The lowest BCUT2D eigenvalue weighted by Gasteiger charge is -2.43. The molecule has 0 bridgehead atoms. The Kier molecular flexibility index (Phi) is 4.84. The summed E-state index contributed by atoms with van der Waals surface area (Å²) in [5.74, 6) is 1.92. The van der Waals surface area contributed by atoms with Gasteiger partial charge in [0, 0.05) is 23.3 Å². The van der Waals surface area contributed by atoms with Crippen molar-refractivity contribution in [3.8, 4) is 34.3 Å². The summed E-state index contributed by atoms with van der Waals surface area (Å²) in [6, 6.07) is 7.71. The number of phenols is 2. The number of fused-ring (bicyclic) bond motifs is 4. The number of rotatable bonds is 2. The van der Waals surface area contributed by atoms with Crippen LogP contribution in [0, 0.1) is 17.3 Å². The molecule has 168 valence electrons. The first kappa shape index (κ1) is 20.7. The molecule has 0 amide bonds. The van der Waals surface area contributed by atoms with Gasteiger partial charge >= 0.3 is 0 Å². The van der Waals surface area contributed by atoms with Crippen LogP contribution < -0.4 is 14.9 Å². The zero-order valence-electron chi connectivity index (χ0n) is 18.6. The SMILES string of the molecule is COc1cc(-c2cc(=O)c3c(O)cc4c(c3o2)C[C@@H]2[C@@H](CCCC2(C)C)CO4)ccc1O. The molecule has 0 unspecified atom stereocenters. The van der Waals surface area contributed by atoms with Gasteiger partial charge in [-0.15, -0.1) is 0 Å². The molecular formula is C26H28O6. The highest BCUT2D eigenvalue weighted by atomic mass is 16.5. The Bertz CT molecular complexity index is 1260. The molecule has 32 heavy (non-hydrogen) atoms. The van der Waals surface area contributed by atoms with E-state index in [9.17, 15) is 15.0 Å². The standard InChI is InChI=1S/C26H28O6/c1-26(2)8-4-5-15-13-31-22-12-20(29)24-19(28)11-21(32-25(24)16(22)10-17(15)26)14-6-7-18(27)23(9-14)30-3/h6-7,9,11-12,15,17,27,29H,4-5,8,10,13H2,1-3H3/t15-,17+/m0/s1. The van der Waals surface area contributed by atoms with Crippen molar-refractivity contribution in [2.45, 2.75) is 39.5 Å². The summed E-state index contributed by atoms with van der Waals surface area (Å²) in [5, 5.41) is 20.7. The van der Waals surface area contributed by atoms with Gasteiger partial charge < -0.3 is 24.1 Å². The van der Waals surface area contributed by atoms with E-state index in [2.05, 4.69) is 13.8 Å². The fourth-order valence-electron chi connectivity index (χ4n) is 5.54. The van der Waals surface area contributed by atoms with Gasteiger partial charge in [0.1, 0.15) is 28.2 Å². The highest BCUT2D eigenvalue weighted by Crippen LogP contribution is 2.50. The molecule has 0 saturated heterocycles. The van der Waals surface area contributed by atoms with Gasteiger partial charge in [0.05, 0.1) is 13.7 Å². The Balaban J connectivity index is 1.72. The van der Waals surface area contributed by atoms with Crippen LogP contribution in [0.1, 0.15) is 38.7 Å². The topological polar surface area (TPSA) is 89.1 Å². The second-order valence-electron chi connectivity index (χ2n) is 9.70. The van der Waals surface area contributed by atoms with E-state index < -0.39 is 0 Å². The highest BCUT2D eigenvalue weighted by Gasteiger charge is 2.42. The van der Waals surface area contributed by atoms with E-state index in [1.165, 1.54) is 25.7 Å². The largest absolute Gasteiger partial charge is 0.507 e. The fraction of sp³-hybridized carbons (Fsp3) is 0.423. The Morgan fingerprint density at radius 1 is 1.12 bits per heavy atom. The molecule has 6 nitrogen and oxygen atoms in total. The minimum atomic E-state index is -0.322. The Hall–Kier alpha value is -3.15. The number of methoxy groups -OCH3 is 1. The molecule has 5 rings (SSSR count). The van der Waals surface area contributed by atoms with Crippen LogP contribution in [-0.4, -0.2) is 23.9 Å². The maximum Gasteiger partial charge on any atom is 0.197 e. The van der Waals surface area contributed by atoms with Crippen molar-refractivity contribution in [2.75, 3.05) is 13.7 Å². The summed E-state index contributed by atoms with van der Waals surface area (Å²) in [6.07, 6.45) is 4.19. The zero-order chi connectivity index (χ0) is 22.6. The number of benzene rings is 2. The molecule has 1 fully saturated rings. The lowest BCUT2D eigenvalue weighted by Crippen LogP contribution is -2.37. The van der Waals surface area contributed by atoms with Gasteiger partial charge in [0.15, 0.2) is 16.9 Å². The van der Waals surface area contributed by atoms with Gasteiger partial charge in [-0.2, -0.15) is 0 Å². The maximum atomic E-state index is 13.1. The van der Waals surface area contributed by atoms with E-state index >= 15 is 0 Å². The smallest absolute Gasteiger partial charge is 0.197 e. The van der Waals surface area contributed by atoms with E-state index in [0.29, 0.717) is 41.1 Å². The molecule has 0 spiro atoms. The molecule has 0 radical (unpaired) electrons. The van der Waals surface area contributed by atoms with Gasteiger partial charge in [0.2, 0.25) is 0 Å². The van der Waals surface area contributed by atoms with Gasteiger partial charge in [-0.25, -0.2) is 0 Å². The van der Waals surface area contributed by atoms with E-state index in [1.807, 2.05) is 0 Å². The van der Waals surface area contributed by atoms with Crippen LogP contribution in [0.5, 0.6) is 23.0 Å². The summed E-state index contributed by atoms with van der Waals surface area (Å²) < 4.78 is 17.6. The molecule has 1 saturated carbocycles. The lowest BCUT2D eigenvalue weighted by atomic mass is 9.62. The molecule has 2 heterocycles. The minimum absolute atomic E-state index is 0.00451.